The molecule has 2 aromatic carbocycles. The van der Waals surface area contributed by atoms with Crippen LogP contribution in [0.4, 0.5) is 0 Å². The summed E-state index contributed by atoms with van der Waals surface area (Å²) in [5, 5.41) is 13.0. The average Bonchev–Trinajstić information content (AvgIpc) is 2.65. The van der Waals surface area contributed by atoms with Gasteiger partial charge in [0.2, 0.25) is 0 Å². The lowest BCUT2D eigenvalue weighted by Gasteiger charge is -2.11. The highest BCUT2D eigenvalue weighted by Gasteiger charge is 2.19. The van der Waals surface area contributed by atoms with Crippen molar-refractivity contribution < 1.29 is 11.3 Å². The number of phenolic OH excluding ortho intramolecular Hbond substituents is 1. The highest BCUT2D eigenvalue weighted by Crippen LogP contribution is 2.38. The van der Waals surface area contributed by atoms with Crippen LogP contribution in [0.1, 0.15) is 24.5 Å². The summed E-state index contributed by atoms with van der Waals surface area (Å²) in [6.07, 6.45) is 3.14. The van der Waals surface area contributed by atoms with Gasteiger partial charge < -0.3 is 15.2 Å². The number of nitrogens with one attached hydrogen (secondary N) is 1. The van der Waals surface area contributed by atoms with E-state index in [1.165, 1.54) is 11.1 Å². The average molecular weight is 283 g/mol. The predicted octanol–water partition coefficient (Wildman–Crippen LogP) is 3.57. The van der Waals surface area contributed by atoms with Crippen molar-refractivity contribution in [2.45, 2.75) is 13.0 Å². The molecule has 0 saturated carbocycles. The minimum Gasteiger partial charge on any atom is -0.508 e. The lowest BCUT2D eigenvalue weighted by molar-refractivity contribution is 0.306. The minimum absolute atomic E-state index is 0. The Morgan fingerprint density at radius 2 is 2.10 bits per heavy atom. The predicted molar refractivity (Wildman–Crippen MR) is 86.6 cm³/mol. The summed E-state index contributed by atoms with van der Waals surface area (Å²) in [6.45, 7) is 1.47. The molecule has 0 radical (unpaired) electrons. The van der Waals surface area contributed by atoms with Crippen LogP contribution in [0.25, 0.3) is 5.57 Å². The second kappa shape index (κ2) is 6.02. The molecule has 0 unspecified atom stereocenters. The highest BCUT2D eigenvalue weighted by molar-refractivity contribution is 5.85. The second-order valence-electron chi connectivity index (χ2n) is 5.14. The van der Waals surface area contributed by atoms with Gasteiger partial charge in [-0.25, -0.2) is 0 Å². The molecule has 3 rings (SSSR count). The number of benzene rings is 2. The summed E-state index contributed by atoms with van der Waals surface area (Å²) in [6, 6.07) is 13.6. The van der Waals surface area contributed by atoms with Crippen LogP contribution in [0.5, 0.6) is 11.5 Å². The summed E-state index contributed by atoms with van der Waals surface area (Å²) in [5.74, 6) is 1.08. The molecule has 1 aliphatic heterocycles. The molecule has 2 aromatic rings. The van der Waals surface area contributed by atoms with E-state index in [2.05, 4.69) is 23.5 Å². The molecule has 110 valence electrons. The molecule has 0 aromatic heterocycles. The summed E-state index contributed by atoms with van der Waals surface area (Å²) < 4.78 is 5.90. The SMILES string of the molecule is CNCC/C=C1\c2ccccc2COc2ccc(O)cc21.[HH]. The van der Waals surface area contributed by atoms with Gasteiger partial charge in [0.05, 0.1) is 0 Å². The van der Waals surface area contributed by atoms with Crippen LogP contribution in [0.15, 0.2) is 48.5 Å². The number of phenols is 1. The second-order valence-corrected chi connectivity index (χ2v) is 5.14. The van der Waals surface area contributed by atoms with Gasteiger partial charge in [-0.05, 0) is 54.9 Å². The quantitative estimate of drug-likeness (QED) is 0.846. The Labute approximate surface area is 126 Å². The first kappa shape index (κ1) is 13.7. The van der Waals surface area contributed by atoms with Crippen molar-refractivity contribution in [2.24, 2.45) is 0 Å². The van der Waals surface area contributed by atoms with E-state index in [0.717, 1.165) is 29.9 Å². The van der Waals surface area contributed by atoms with E-state index in [-0.39, 0.29) is 7.18 Å². The first-order valence-corrected chi connectivity index (χ1v) is 7.19. The molecule has 0 aliphatic carbocycles. The molecule has 1 heterocycles. The standard InChI is InChI=1S/C18H19NO2.H2/c1-19-10-4-7-16-15-6-3-2-5-13(15)12-21-18-9-8-14(20)11-17(16)18;/h2-3,5-9,11,19-20H,4,10,12H2,1H3;1H/b16-7+;. The molecule has 0 fully saturated rings. The van der Waals surface area contributed by atoms with E-state index in [9.17, 15) is 5.11 Å². The minimum atomic E-state index is 0. The van der Waals surface area contributed by atoms with Crippen LogP contribution in [-0.4, -0.2) is 18.7 Å². The number of ether oxygens (including phenoxy) is 1. The monoisotopic (exact) mass is 283 g/mol. The van der Waals surface area contributed by atoms with Gasteiger partial charge in [-0.3, -0.25) is 0 Å². The molecule has 3 nitrogen and oxygen atoms in total. The Hall–Kier alpha value is -2.26. The van der Waals surface area contributed by atoms with E-state index < -0.39 is 0 Å². The van der Waals surface area contributed by atoms with Crippen LogP contribution in [0, 0.1) is 0 Å². The number of aromatic hydroxyl groups is 1. The molecular weight excluding hydrogens is 262 g/mol. The van der Waals surface area contributed by atoms with Gasteiger partial charge in [-0.1, -0.05) is 30.3 Å². The molecule has 0 saturated heterocycles. The van der Waals surface area contributed by atoms with Gasteiger partial charge in [0.15, 0.2) is 0 Å². The molecule has 0 amide bonds. The Bertz CT molecular complexity index is 683. The first-order chi connectivity index (χ1) is 10.3. The lowest BCUT2D eigenvalue weighted by atomic mass is 9.93. The lowest BCUT2D eigenvalue weighted by Crippen LogP contribution is -2.06. The van der Waals surface area contributed by atoms with Crippen LogP contribution < -0.4 is 10.1 Å². The van der Waals surface area contributed by atoms with E-state index in [1.807, 2.05) is 25.2 Å². The third kappa shape index (κ3) is 2.78. The molecule has 0 spiro atoms. The number of fused-ring (bicyclic) bond motifs is 2. The summed E-state index contributed by atoms with van der Waals surface area (Å²) >= 11 is 0. The van der Waals surface area contributed by atoms with Crippen molar-refractivity contribution in [1.29, 1.82) is 0 Å². The molecule has 3 heteroatoms. The zero-order valence-corrected chi connectivity index (χ0v) is 12.1. The van der Waals surface area contributed by atoms with E-state index in [4.69, 9.17) is 4.74 Å². The highest BCUT2D eigenvalue weighted by atomic mass is 16.5. The summed E-state index contributed by atoms with van der Waals surface area (Å²) in [4.78, 5) is 0. The van der Waals surface area contributed by atoms with Crippen molar-refractivity contribution in [2.75, 3.05) is 13.6 Å². The van der Waals surface area contributed by atoms with Gasteiger partial charge in [0.1, 0.15) is 18.1 Å². The fourth-order valence-corrected chi connectivity index (χ4v) is 2.64. The molecular formula is C18H21NO2. The topological polar surface area (TPSA) is 41.5 Å². The van der Waals surface area contributed by atoms with E-state index >= 15 is 0 Å². The Morgan fingerprint density at radius 3 is 2.95 bits per heavy atom. The van der Waals surface area contributed by atoms with Gasteiger partial charge >= 0.3 is 0 Å². The van der Waals surface area contributed by atoms with Gasteiger partial charge in [0, 0.05) is 6.99 Å². The van der Waals surface area contributed by atoms with Crippen LogP contribution in [-0.2, 0) is 6.61 Å². The summed E-state index contributed by atoms with van der Waals surface area (Å²) in [5.41, 5.74) is 4.43. The summed E-state index contributed by atoms with van der Waals surface area (Å²) in [7, 11) is 1.95. The fraction of sp³-hybridized carbons (Fsp3) is 0.222. The van der Waals surface area contributed by atoms with Crippen LogP contribution in [0.2, 0.25) is 0 Å². The van der Waals surface area contributed by atoms with Gasteiger partial charge in [-0.2, -0.15) is 0 Å². The zero-order chi connectivity index (χ0) is 14.7. The van der Waals surface area contributed by atoms with Crippen molar-refractivity contribution >= 4 is 5.57 Å². The van der Waals surface area contributed by atoms with Crippen molar-refractivity contribution in [1.82, 2.24) is 5.32 Å². The van der Waals surface area contributed by atoms with Crippen molar-refractivity contribution in [3.8, 4) is 11.5 Å². The largest absolute Gasteiger partial charge is 0.508 e. The smallest absolute Gasteiger partial charge is 0.127 e. The maximum atomic E-state index is 9.82. The normalized spacial score (nSPS) is 15.0. The Morgan fingerprint density at radius 1 is 1.24 bits per heavy atom. The fourth-order valence-electron chi connectivity index (χ4n) is 2.64. The maximum absolute atomic E-state index is 9.82. The van der Waals surface area contributed by atoms with Crippen LogP contribution in [0.3, 0.4) is 0 Å². The van der Waals surface area contributed by atoms with E-state index in [1.54, 1.807) is 12.1 Å². The third-order valence-electron chi connectivity index (χ3n) is 3.69. The molecule has 0 bridgehead atoms. The Balaban J connectivity index is 0.00000176. The molecule has 1 aliphatic rings. The molecule has 21 heavy (non-hydrogen) atoms. The number of hydrogen-bond acceptors (Lipinski definition) is 3. The Kier molecular flexibility index (Phi) is 3.93. The van der Waals surface area contributed by atoms with Gasteiger partial charge in [0.25, 0.3) is 0 Å². The van der Waals surface area contributed by atoms with Crippen molar-refractivity contribution in [3.05, 3.63) is 65.2 Å². The van der Waals surface area contributed by atoms with Gasteiger partial charge in [-0.15, -0.1) is 0 Å². The third-order valence-corrected chi connectivity index (χ3v) is 3.69. The number of rotatable bonds is 3. The zero-order valence-electron chi connectivity index (χ0n) is 12.1. The number of hydrogen-bond donors (Lipinski definition) is 2. The first-order valence-electron chi connectivity index (χ1n) is 7.19. The van der Waals surface area contributed by atoms with Crippen molar-refractivity contribution in [3.63, 3.8) is 0 Å². The maximum Gasteiger partial charge on any atom is 0.127 e. The molecule has 2 N–H and O–H groups in total. The van der Waals surface area contributed by atoms with Crippen LogP contribution >= 0.6 is 0 Å². The van der Waals surface area contributed by atoms with E-state index in [0.29, 0.717) is 6.61 Å². The molecule has 0 atom stereocenters.